The van der Waals surface area contributed by atoms with Gasteiger partial charge in [0.1, 0.15) is 0 Å². The topological polar surface area (TPSA) is 50.7 Å². The number of nitrogens with one attached hydrogen (secondary N) is 1. The van der Waals surface area contributed by atoms with E-state index in [4.69, 9.17) is 23.2 Å². The van der Waals surface area contributed by atoms with E-state index in [-0.39, 0.29) is 11.1 Å². The molecule has 0 unspecified atom stereocenters. The Kier molecular flexibility index (Phi) is 5.44. The van der Waals surface area contributed by atoms with Crippen molar-refractivity contribution in [2.75, 3.05) is 11.2 Å². The first kappa shape index (κ1) is 15.6. The minimum atomic E-state index is -4.60. The predicted molar refractivity (Wildman–Crippen MR) is 65.6 cm³/mol. The molecular formula is C10H7Cl2F3N2O2. The minimum absolute atomic E-state index is 0.187. The van der Waals surface area contributed by atoms with Crippen LogP contribution in [0, 0.1) is 0 Å². The molecule has 4 nitrogen and oxygen atoms in total. The van der Waals surface area contributed by atoms with Crippen molar-refractivity contribution < 1.29 is 22.8 Å². The number of anilines is 1. The van der Waals surface area contributed by atoms with Crippen LogP contribution in [0.1, 0.15) is 5.56 Å². The van der Waals surface area contributed by atoms with Crippen LogP contribution in [0.2, 0.25) is 0 Å². The van der Waals surface area contributed by atoms with E-state index in [2.05, 4.69) is 9.99 Å². The van der Waals surface area contributed by atoms with E-state index < -0.39 is 23.5 Å². The van der Waals surface area contributed by atoms with Crippen molar-refractivity contribution in [3.8, 4) is 0 Å². The lowest BCUT2D eigenvalue weighted by molar-refractivity contribution is -0.136. The maximum atomic E-state index is 12.6. The number of carbonyl (C=O) groups excluding carboxylic acids is 1. The van der Waals surface area contributed by atoms with Crippen molar-refractivity contribution in [2.45, 2.75) is 6.18 Å². The zero-order chi connectivity index (χ0) is 14.5. The summed E-state index contributed by atoms with van der Waals surface area (Å²) in [7, 11) is 0. The summed E-state index contributed by atoms with van der Waals surface area (Å²) in [4.78, 5) is 15.4. The van der Waals surface area contributed by atoms with Crippen molar-refractivity contribution in [3.63, 3.8) is 0 Å². The van der Waals surface area contributed by atoms with Gasteiger partial charge in [-0.25, -0.2) is 4.79 Å². The van der Waals surface area contributed by atoms with E-state index in [0.29, 0.717) is 0 Å². The number of hydrogen-bond acceptors (Lipinski definition) is 3. The van der Waals surface area contributed by atoms with Gasteiger partial charge in [0.05, 0.1) is 17.1 Å². The van der Waals surface area contributed by atoms with Crippen LogP contribution in [-0.2, 0) is 11.0 Å². The summed E-state index contributed by atoms with van der Waals surface area (Å²) in [6.45, 7) is 0. The summed E-state index contributed by atoms with van der Waals surface area (Å²) in [5, 5.41) is 4.79. The molecule has 0 fully saturated rings. The molecule has 1 rings (SSSR count). The second-order valence-corrected chi connectivity index (χ2v) is 3.85. The Hall–Kier alpha value is -1.47. The number of hydrogen-bond donors (Lipinski definition) is 1. The van der Waals surface area contributed by atoms with Gasteiger partial charge in [0.15, 0.2) is 5.17 Å². The number of rotatable bonds is 3. The van der Waals surface area contributed by atoms with Gasteiger partial charge in [-0.1, -0.05) is 28.9 Å². The minimum Gasteiger partial charge on any atom is -0.297 e. The first-order valence-electron chi connectivity index (χ1n) is 4.77. The molecule has 0 saturated carbocycles. The highest BCUT2D eigenvalue weighted by Gasteiger charge is 2.33. The van der Waals surface area contributed by atoms with Gasteiger partial charge in [0, 0.05) is 0 Å². The third-order valence-corrected chi connectivity index (χ3v) is 2.40. The van der Waals surface area contributed by atoms with Gasteiger partial charge in [-0.15, -0.1) is 11.6 Å². The predicted octanol–water partition coefficient (Wildman–Crippen LogP) is 4.05. The monoisotopic (exact) mass is 314 g/mol. The summed E-state index contributed by atoms with van der Waals surface area (Å²) >= 11 is 10.6. The molecule has 1 aromatic rings. The summed E-state index contributed by atoms with van der Waals surface area (Å²) < 4.78 is 37.8. The first-order valence-corrected chi connectivity index (χ1v) is 5.68. The molecule has 0 heterocycles. The molecule has 0 radical (unpaired) electrons. The lowest BCUT2D eigenvalue weighted by Gasteiger charge is -2.12. The second-order valence-electron chi connectivity index (χ2n) is 3.15. The molecule has 9 heteroatoms. The van der Waals surface area contributed by atoms with Crippen molar-refractivity contribution in [1.29, 1.82) is 0 Å². The lowest BCUT2D eigenvalue weighted by atomic mass is 10.2. The maximum absolute atomic E-state index is 12.6. The van der Waals surface area contributed by atoms with E-state index >= 15 is 0 Å². The zero-order valence-corrected chi connectivity index (χ0v) is 10.7. The molecule has 0 aliphatic rings. The lowest BCUT2D eigenvalue weighted by Crippen LogP contribution is -2.16. The van der Waals surface area contributed by atoms with Crippen LogP contribution in [0.25, 0.3) is 0 Å². The Bertz CT molecular complexity index is 492. The number of amides is 1. The average Bonchev–Trinajstić information content (AvgIpc) is 2.35. The van der Waals surface area contributed by atoms with Gasteiger partial charge in [-0.2, -0.15) is 13.2 Å². The summed E-state index contributed by atoms with van der Waals surface area (Å²) in [5.41, 5.74) is -1.45. The molecule has 1 amide bonds. The van der Waals surface area contributed by atoms with Gasteiger partial charge in [0.25, 0.3) is 0 Å². The van der Waals surface area contributed by atoms with Crippen LogP contribution in [0.5, 0.6) is 0 Å². The van der Waals surface area contributed by atoms with E-state index in [1.165, 1.54) is 12.1 Å². The fraction of sp³-hybridized carbons (Fsp3) is 0.200. The van der Waals surface area contributed by atoms with Crippen LogP contribution in [0.15, 0.2) is 29.4 Å². The van der Waals surface area contributed by atoms with Crippen molar-refractivity contribution >= 4 is 40.2 Å². The number of alkyl halides is 4. The highest BCUT2D eigenvalue weighted by molar-refractivity contribution is 6.69. The highest BCUT2D eigenvalue weighted by Crippen LogP contribution is 2.34. The number of carbonyl (C=O) groups is 1. The Morgan fingerprint density at radius 3 is 2.58 bits per heavy atom. The summed E-state index contributed by atoms with van der Waals surface area (Å²) in [6, 6.07) is 4.43. The molecule has 1 aromatic carbocycles. The number of oxime groups is 1. The van der Waals surface area contributed by atoms with Gasteiger partial charge in [-0.3, -0.25) is 10.2 Å². The number of nitrogens with zero attached hydrogens (tertiary/aromatic N) is 1. The molecule has 1 N–H and O–H groups in total. The standard InChI is InChI=1S/C10H7Cl2F3N2O2/c11-5-8(12)17-19-9(18)16-7-4-2-1-3-6(7)10(13,14)15/h1-4H,5H2,(H,16,18). The zero-order valence-electron chi connectivity index (χ0n) is 9.17. The highest BCUT2D eigenvalue weighted by atomic mass is 35.5. The smallest absolute Gasteiger partial charge is 0.297 e. The fourth-order valence-corrected chi connectivity index (χ4v) is 1.17. The normalized spacial score (nSPS) is 12.2. The van der Waals surface area contributed by atoms with Crippen molar-refractivity contribution in [1.82, 2.24) is 0 Å². The molecule has 104 valence electrons. The van der Waals surface area contributed by atoms with Gasteiger partial charge >= 0.3 is 12.3 Å². The molecule has 19 heavy (non-hydrogen) atoms. The van der Waals surface area contributed by atoms with Crippen LogP contribution in [0.4, 0.5) is 23.7 Å². The second kappa shape index (κ2) is 6.63. The van der Waals surface area contributed by atoms with Crippen LogP contribution >= 0.6 is 23.2 Å². The quantitative estimate of drug-likeness (QED) is 0.396. The number of halogens is 5. The van der Waals surface area contributed by atoms with E-state index in [0.717, 1.165) is 12.1 Å². The molecule has 0 aliphatic heterocycles. The van der Waals surface area contributed by atoms with E-state index in [9.17, 15) is 18.0 Å². The molecule has 0 saturated heterocycles. The number of benzene rings is 1. The van der Waals surface area contributed by atoms with Gasteiger partial charge in [-0.05, 0) is 12.1 Å². The Morgan fingerprint density at radius 2 is 2.00 bits per heavy atom. The Labute approximate surface area is 116 Å². The maximum Gasteiger partial charge on any atom is 0.437 e. The van der Waals surface area contributed by atoms with Crippen LogP contribution in [-0.4, -0.2) is 17.1 Å². The molecule has 0 aliphatic carbocycles. The average molecular weight is 315 g/mol. The summed E-state index contributed by atoms with van der Waals surface area (Å²) in [6.07, 6.45) is -5.80. The number of para-hydroxylation sites is 1. The van der Waals surface area contributed by atoms with Crippen molar-refractivity contribution in [3.05, 3.63) is 29.8 Å². The molecule has 0 spiro atoms. The first-order chi connectivity index (χ1) is 8.84. The largest absolute Gasteiger partial charge is 0.437 e. The molecule has 0 bridgehead atoms. The molecular weight excluding hydrogens is 308 g/mol. The van der Waals surface area contributed by atoms with Crippen LogP contribution in [0.3, 0.4) is 0 Å². The van der Waals surface area contributed by atoms with Crippen LogP contribution < -0.4 is 5.32 Å². The summed E-state index contributed by atoms with van der Waals surface area (Å²) in [5.74, 6) is -0.187. The van der Waals surface area contributed by atoms with E-state index in [1.807, 2.05) is 5.32 Å². The van der Waals surface area contributed by atoms with Gasteiger partial charge < -0.3 is 0 Å². The fourth-order valence-electron chi connectivity index (χ4n) is 1.09. The third kappa shape index (κ3) is 4.96. The molecule has 0 aromatic heterocycles. The molecule has 0 atom stereocenters. The SMILES string of the molecule is O=C(Nc1ccccc1C(F)(F)F)ON=C(Cl)CCl. The van der Waals surface area contributed by atoms with E-state index in [1.54, 1.807) is 0 Å². The Balaban J connectivity index is 2.80. The Morgan fingerprint density at radius 1 is 1.37 bits per heavy atom. The third-order valence-electron chi connectivity index (χ3n) is 1.81. The van der Waals surface area contributed by atoms with Crippen molar-refractivity contribution in [2.24, 2.45) is 5.16 Å². The van der Waals surface area contributed by atoms with Gasteiger partial charge in [0.2, 0.25) is 0 Å².